The van der Waals surface area contributed by atoms with Gasteiger partial charge in [0.15, 0.2) is 0 Å². The van der Waals surface area contributed by atoms with Crippen LogP contribution in [-0.2, 0) is 9.68 Å². The highest BCUT2D eigenvalue weighted by molar-refractivity contribution is 5.88. The first-order valence-corrected chi connectivity index (χ1v) is 4.31. The van der Waals surface area contributed by atoms with Gasteiger partial charge in [-0.05, 0) is 26.7 Å². The van der Waals surface area contributed by atoms with Crippen molar-refractivity contribution in [2.24, 2.45) is 10.3 Å². The fourth-order valence-electron chi connectivity index (χ4n) is 0.708. The molecule has 0 unspecified atom stereocenters. The molecule has 0 amide bonds. The molecule has 0 aromatic heterocycles. The summed E-state index contributed by atoms with van der Waals surface area (Å²) in [6.07, 6.45) is 4.13. The van der Waals surface area contributed by atoms with Gasteiger partial charge in [-0.3, -0.25) is 0 Å². The Bertz CT molecular complexity index is 219. The van der Waals surface area contributed by atoms with E-state index in [0.717, 1.165) is 24.3 Å². The van der Waals surface area contributed by atoms with E-state index in [9.17, 15) is 0 Å². The van der Waals surface area contributed by atoms with E-state index in [1.54, 1.807) is 0 Å². The maximum atomic E-state index is 4.67. The second-order valence-corrected chi connectivity index (χ2v) is 2.70. The lowest BCUT2D eigenvalue weighted by atomic mass is 10.2. The lowest BCUT2D eigenvalue weighted by Gasteiger charge is -1.99. The molecular weight excluding hydrogens is 180 g/mol. The quantitative estimate of drug-likeness (QED) is 0.357. The number of hydrogen-bond donors (Lipinski definition) is 0. The second-order valence-electron chi connectivity index (χ2n) is 2.70. The van der Waals surface area contributed by atoms with Crippen LogP contribution in [0.1, 0.15) is 26.7 Å². The highest BCUT2D eigenvalue weighted by atomic mass is 16.6. The molecule has 78 valence electrons. The Labute approximate surface area is 84.6 Å². The lowest BCUT2D eigenvalue weighted by molar-refractivity contribution is 0.267. The molecule has 14 heavy (non-hydrogen) atoms. The zero-order valence-electron chi connectivity index (χ0n) is 8.69. The van der Waals surface area contributed by atoms with Crippen molar-refractivity contribution in [2.75, 3.05) is 0 Å². The Morgan fingerprint density at radius 2 is 1.36 bits per heavy atom. The molecule has 0 aliphatic rings. The van der Waals surface area contributed by atoms with Crippen LogP contribution in [0, 0.1) is 0 Å². The van der Waals surface area contributed by atoms with Gasteiger partial charge in [-0.15, -0.1) is 0 Å². The summed E-state index contributed by atoms with van der Waals surface area (Å²) >= 11 is 0. The average molecular weight is 196 g/mol. The largest absolute Gasteiger partial charge is 0.366 e. The zero-order chi connectivity index (χ0) is 10.8. The highest BCUT2D eigenvalue weighted by Gasteiger charge is 1.96. The predicted octanol–water partition coefficient (Wildman–Crippen LogP) is 2.84. The first kappa shape index (κ1) is 12.4. The molecule has 0 rings (SSSR count). The summed E-state index contributed by atoms with van der Waals surface area (Å²) < 4.78 is 0. The van der Waals surface area contributed by atoms with Crippen molar-refractivity contribution < 1.29 is 9.68 Å². The van der Waals surface area contributed by atoms with Crippen LogP contribution in [0.15, 0.2) is 36.0 Å². The Morgan fingerprint density at radius 1 is 1.00 bits per heavy atom. The van der Waals surface area contributed by atoms with Crippen LogP contribution in [0.3, 0.4) is 0 Å². The highest BCUT2D eigenvalue weighted by Crippen LogP contribution is 1.97. The summed E-state index contributed by atoms with van der Waals surface area (Å²) in [7, 11) is 0. The molecule has 0 radical (unpaired) electrons. The van der Waals surface area contributed by atoms with Crippen LogP contribution in [0.4, 0.5) is 0 Å². The Kier molecular flexibility index (Phi) is 7.13. The Hall–Kier alpha value is -1.58. The van der Waals surface area contributed by atoms with Gasteiger partial charge in [-0.1, -0.05) is 23.5 Å². The third kappa shape index (κ3) is 7.09. The van der Waals surface area contributed by atoms with Crippen molar-refractivity contribution in [3.05, 3.63) is 25.7 Å². The van der Waals surface area contributed by atoms with E-state index in [1.807, 2.05) is 13.8 Å². The van der Waals surface area contributed by atoms with E-state index in [2.05, 4.69) is 33.1 Å². The monoisotopic (exact) mass is 196 g/mol. The van der Waals surface area contributed by atoms with E-state index in [-0.39, 0.29) is 0 Å². The summed E-state index contributed by atoms with van der Waals surface area (Å²) in [5.74, 6) is 0. The maximum absolute atomic E-state index is 4.67. The Morgan fingerprint density at radius 3 is 1.64 bits per heavy atom. The summed E-state index contributed by atoms with van der Waals surface area (Å²) in [5.41, 5.74) is 1.77. The molecule has 0 fully saturated rings. The van der Waals surface area contributed by atoms with E-state index in [4.69, 9.17) is 0 Å². The predicted molar refractivity (Wildman–Crippen MR) is 58.0 cm³/mol. The van der Waals surface area contributed by atoms with Crippen molar-refractivity contribution in [1.29, 1.82) is 0 Å². The molecule has 0 spiro atoms. The van der Waals surface area contributed by atoms with Gasteiger partial charge < -0.3 is 9.68 Å². The standard InChI is InChI=1S/C10H16N2O2/c1-5-13-11-9(3)7-8-10(4)12-14-6-2/h5-6H,1-2,7-8H2,3-4H3/b11-9+,12-10+. The van der Waals surface area contributed by atoms with Gasteiger partial charge in [-0.25, -0.2) is 0 Å². The van der Waals surface area contributed by atoms with Gasteiger partial charge in [0.1, 0.15) is 12.5 Å². The number of hydrogen-bond acceptors (Lipinski definition) is 4. The van der Waals surface area contributed by atoms with Crippen molar-refractivity contribution >= 4 is 11.4 Å². The molecule has 0 aromatic rings. The lowest BCUT2D eigenvalue weighted by Crippen LogP contribution is -1.98. The van der Waals surface area contributed by atoms with Gasteiger partial charge in [0.05, 0.1) is 11.4 Å². The van der Waals surface area contributed by atoms with Crippen LogP contribution in [0.25, 0.3) is 0 Å². The SMILES string of the molecule is C=CO/N=C(\C)CC/C(C)=N/OC=C. The normalized spacial score (nSPS) is 12.1. The molecule has 0 heterocycles. The average Bonchev–Trinajstić information content (AvgIpc) is 2.20. The fourth-order valence-corrected chi connectivity index (χ4v) is 0.708. The third-order valence-electron chi connectivity index (χ3n) is 1.41. The molecule has 0 bridgehead atoms. The smallest absolute Gasteiger partial charge is 0.114 e. The van der Waals surface area contributed by atoms with Crippen LogP contribution >= 0.6 is 0 Å². The van der Waals surface area contributed by atoms with Crippen molar-refractivity contribution in [2.45, 2.75) is 26.7 Å². The minimum Gasteiger partial charge on any atom is -0.366 e. The van der Waals surface area contributed by atoms with Crippen molar-refractivity contribution in [3.8, 4) is 0 Å². The summed E-state index contributed by atoms with van der Waals surface area (Å²) in [6.45, 7) is 10.5. The summed E-state index contributed by atoms with van der Waals surface area (Å²) in [5, 5.41) is 7.56. The van der Waals surface area contributed by atoms with Crippen molar-refractivity contribution in [3.63, 3.8) is 0 Å². The zero-order valence-corrected chi connectivity index (χ0v) is 8.69. The fraction of sp³-hybridized carbons (Fsp3) is 0.400. The summed E-state index contributed by atoms with van der Waals surface area (Å²) in [4.78, 5) is 9.35. The van der Waals surface area contributed by atoms with Crippen LogP contribution in [0.2, 0.25) is 0 Å². The topological polar surface area (TPSA) is 43.2 Å². The first-order valence-electron chi connectivity index (χ1n) is 4.31. The third-order valence-corrected chi connectivity index (χ3v) is 1.41. The molecule has 4 heteroatoms. The molecular formula is C10H16N2O2. The Balaban J connectivity index is 3.80. The molecule has 0 saturated heterocycles. The molecule has 0 aliphatic heterocycles. The number of nitrogens with zero attached hydrogens (tertiary/aromatic N) is 2. The van der Waals surface area contributed by atoms with Crippen molar-refractivity contribution in [1.82, 2.24) is 0 Å². The maximum Gasteiger partial charge on any atom is 0.114 e. The molecule has 0 atom stereocenters. The van der Waals surface area contributed by atoms with Gasteiger partial charge in [0, 0.05) is 0 Å². The molecule has 0 saturated carbocycles. The van der Waals surface area contributed by atoms with Crippen LogP contribution in [0.5, 0.6) is 0 Å². The number of oxime groups is 2. The van der Waals surface area contributed by atoms with Gasteiger partial charge in [0.25, 0.3) is 0 Å². The first-order chi connectivity index (χ1) is 6.70. The second kappa shape index (κ2) is 8.04. The molecule has 0 N–H and O–H groups in total. The van der Waals surface area contributed by atoms with Crippen LogP contribution < -0.4 is 0 Å². The molecule has 0 aromatic carbocycles. The minimum atomic E-state index is 0.781. The van der Waals surface area contributed by atoms with Gasteiger partial charge in [0.2, 0.25) is 0 Å². The van der Waals surface area contributed by atoms with E-state index < -0.39 is 0 Å². The van der Waals surface area contributed by atoms with Crippen LogP contribution in [-0.4, -0.2) is 11.4 Å². The number of rotatable bonds is 7. The van der Waals surface area contributed by atoms with Gasteiger partial charge in [-0.2, -0.15) is 0 Å². The van der Waals surface area contributed by atoms with E-state index >= 15 is 0 Å². The molecule has 4 nitrogen and oxygen atoms in total. The molecule has 0 aliphatic carbocycles. The van der Waals surface area contributed by atoms with E-state index in [1.165, 1.54) is 12.5 Å². The minimum absolute atomic E-state index is 0.781. The van der Waals surface area contributed by atoms with Gasteiger partial charge >= 0.3 is 0 Å². The van der Waals surface area contributed by atoms with E-state index in [0.29, 0.717) is 0 Å². The summed E-state index contributed by atoms with van der Waals surface area (Å²) in [6, 6.07) is 0.